The third-order valence-electron chi connectivity index (χ3n) is 5.43. The maximum Gasteiger partial charge on any atom is 0.243 e. The predicted octanol–water partition coefficient (Wildman–Crippen LogP) is 3.58. The van der Waals surface area contributed by atoms with Crippen LogP contribution in [-0.2, 0) is 14.8 Å². The van der Waals surface area contributed by atoms with Gasteiger partial charge in [0, 0.05) is 13.1 Å². The van der Waals surface area contributed by atoms with E-state index in [0.29, 0.717) is 19.4 Å². The van der Waals surface area contributed by atoms with Gasteiger partial charge in [0.1, 0.15) is 0 Å². The molecule has 0 radical (unpaired) electrons. The van der Waals surface area contributed by atoms with E-state index < -0.39 is 10.0 Å². The maximum atomic E-state index is 12.9. The van der Waals surface area contributed by atoms with Crippen molar-refractivity contribution in [1.29, 1.82) is 0 Å². The Morgan fingerprint density at radius 3 is 2.46 bits per heavy atom. The lowest BCUT2D eigenvalue weighted by molar-refractivity contribution is -0.126. The number of nitrogens with zero attached hydrogens (tertiary/aromatic N) is 1. The molecule has 0 saturated carbocycles. The van der Waals surface area contributed by atoms with Crippen LogP contribution in [0.4, 0.5) is 0 Å². The van der Waals surface area contributed by atoms with Crippen molar-refractivity contribution in [3.63, 3.8) is 0 Å². The van der Waals surface area contributed by atoms with Crippen molar-refractivity contribution in [2.45, 2.75) is 44.6 Å². The molecule has 2 aromatic rings. The summed E-state index contributed by atoms with van der Waals surface area (Å²) in [4.78, 5) is 13.1. The highest BCUT2D eigenvalue weighted by Gasteiger charge is 2.33. The maximum absolute atomic E-state index is 12.9. The summed E-state index contributed by atoms with van der Waals surface area (Å²) in [6.45, 7) is 6.58. The number of rotatable bonds is 5. The Bertz CT molecular complexity index is 939. The van der Waals surface area contributed by atoms with Gasteiger partial charge in [-0.3, -0.25) is 4.79 Å². The van der Waals surface area contributed by atoms with E-state index in [1.807, 2.05) is 45.0 Å². The lowest BCUT2D eigenvalue weighted by atomic mass is 9.97. The van der Waals surface area contributed by atoms with Crippen molar-refractivity contribution < 1.29 is 13.2 Å². The van der Waals surface area contributed by atoms with Crippen LogP contribution >= 0.6 is 0 Å². The van der Waals surface area contributed by atoms with E-state index in [0.717, 1.165) is 16.7 Å². The topological polar surface area (TPSA) is 66.5 Å². The fraction of sp³-hybridized carbons (Fsp3) is 0.409. The molecule has 150 valence electrons. The number of aryl methyl sites for hydroxylation is 2. The summed E-state index contributed by atoms with van der Waals surface area (Å²) in [5.74, 6) is -0.417. The fourth-order valence-corrected chi connectivity index (χ4v) is 5.24. The molecule has 0 spiro atoms. The number of hydrogen-bond acceptors (Lipinski definition) is 3. The Morgan fingerprint density at radius 2 is 1.79 bits per heavy atom. The molecule has 1 aliphatic rings. The Hall–Kier alpha value is -2.18. The van der Waals surface area contributed by atoms with Crippen LogP contribution in [0.3, 0.4) is 0 Å². The zero-order valence-corrected chi connectivity index (χ0v) is 17.5. The van der Waals surface area contributed by atoms with Gasteiger partial charge in [-0.15, -0.1) is 0 Å². The Balaban J connectivity index is 1.69. The summed E-state index contributed by atoms with van der Waals surface area (Å²) in [6, 6.07) is 14.7. The number of amides is 1. The van der Waals surface area contributed by atoms with E-state index in [4.69, 9.17) is 0 Å². The minimum atomic E-state index is -3.58. The van der Waals surface area contributed by atoms with Gasteiger partial charge >= 0.3 is 0 Å². The molecule has 2 atom stereocenters. The Labute approximate surface area is 167 Å². The predicted molar refractivity (Wildman–Crippen MR) is 110 cm³/mol. The zero-order valence-electron chi connectivity index (χ0n) is 16.7. The largest absolute Gasteiger partial charge is 0.349 e. The number of carbonyl (C=O) groups excluding carboxylic acids is 1. The monoisotopic (exact) mass is 400 g/mol. The standard InChI is InChI=1S/C22H28N2O3S/c1-16-10-12-20(13-11-16)28(26,27)24-14-6-8-19(15-24)22(25)23-18(3)21-9-5-4-7-17(21)2/h4-5,7,9-13,18-19H,6,8,14-15H2,1-3H3,(H,23,25)/t18-,19-/m0/s1. The summed E-state index contributed by atoms with van der Waals surface area (Å²) in [6.07, 6.45) is 1.38. The van der Waals surface area contributed by atoms with Gasteiger partial charge in [-0.1, -0.05) is 42.0 Å². The van der Waals surface area contributed by atoms with Crippen LogP contribution in [0.15, 0.2) is 53.4 Å². The van der Waals surface area contributed by atoms with Gasteiger partial charge in [0.2, 0.25) is 15.9 Å². The molecule has 0 aliphatic carbocycles. The Kier molecular flexibility index (Phi) is 6.20. The highest BCUT2D eigenvalue weighted by molar-refractivity contribution is 7.89. The van der Waals surface area contributed by atoms with E-state index in [1.54, 1.807) is 24.3 Å². The molecule has 1 N–H and O–H groups in total. The average Bonchev–Trinajstić information content (AvgIpc) is 2.68. The normalized spacial score (nSPS) is 19.2. The number of benzene rings is 2. The van der Waals surface area contributed by atoms with Gasteiger partial charge in [-0.2, -0.15) is 4.31 Å². The van der Waals surface area contributed by atoms with Crippen LogP contribution in [0.5, 0.6) is 0 Å². The molecule has 1 amide bonds. The molecule has 2 aromatic carbocycles. The molecule has 5 nitrogen and oxygen atoms in total. The fourth-order valence-electron chi connectivity index (χ4n) is 3.72. The number of nitrogens with one attached hydrogen (secondary N) is 1. The summed E-state index contributed by atoms with van der Waals surface area (Å²) < 4.78 is 27.3. The molecule has 0 bridgehead atoms. The molecule has 0 unspecified atom stereocenters. The van der Waals surface area contributed by atoms with Crippen molar-refractivity contribution in [1.82, 2.24) is 9.62 Å². The second-order valence-corrected chi connectivity index (χ2v) is 9.54. The molecule has 28 heavy (non-hydrogen) atoms. The van der Waals surface area contributed by atoms with Gasteiger partial charge in [-0.05, 0) is 56.9 Å². The van der Waals surface area contributed by atoms with Crippen molar-refractivity contribution >= 4 is 15.9 Å². The first-order valence-corrected chi connectivity index (χ1v) is 11.2. The molecular formula is C22H28N2O3S. The number of sulfonamides is 1. The quantitative estimate of drug-likeness (QED) is 0.834. The second kappa shape index (κ2) is 8.45. The summed E-state index contributed by atoms with van der Waals surface area (Å²) in [5.41, 5.74) is 3.22. The average molecular weight is 401 g/mol. The smallest absolute Gasteiger partial charge is 0.243 e. The molecule has 1 saturated heterocycles. The van der Waals surface area contributed by atoms with Gasteiger partial charge in [0.25, 0.3) is 0 Å². The molecular weight excluding hydrogens is 372 g/mol. The third-order valence-corrected chi connectivity index (χ3v) is 7.31. The SMILES string of the molecule is Cc1ccc(S(=O)(=O)N2CCC[C@H](C(=O)N[C@@H](C)c3ccccc3C)C2)cc1. The van der Waals surface area contributed by atoms with Gasteiger partial charge < -0.3 is 5.32 Å². The van der Waals surface area contributed by atoms with Gasteiger partial charge in [-0.25, -0.2) is 8.42 Å². The minimum Gasteiger partial charge on any atom is -0.349 e. The molecule has 1 heterocycles. The van der Waals surface area contributed by atoms with E-state index in [2.05, 4.69) is 5.32 Å². The highest BCUT2D eigenvalue weighted by Crippen LogP contribution is 2.25. The number of hydrogen-bond donors (Lipinski definition) is 1. The van der Waals surface area contributed by atoms with Crippen LogP contribution < -0.4 is 5.32 Å². The molecule has 6 heteroatoms. The summed E-state index contributed by atoms with van der Waals surface area (Å²) in [5, 5.41) is 3.07. The van der Waals surface area contributed by atoms with E-state index in [-0.39, 0.29) is 29.3 Å². The van der Waals surface area contributed by atoms with Gasteiger partial charge in [0.05, 0.1) is 16.9 Å². The number of carbonyl (C=O) groups is 1. The van der Waals surface area contributed by atoms with Crippen molar-refractivity contribution in [2.75, 3.05) is 13.1 Å². The summed E-state index contributed by atoms with van der Waals surface area (Å²) >= 11 is 0. The Morgan fingerprint density at radius 1 is 1.11 bits per heavy atom. The first-order chi connectivity index (χ1) is 13.3. The highest BCUT2D eigenvalue weighted by atomic mass is 32.2. The second-order valence-electron chi connectivity index (χ2n) is 7.60. The van der Waals surface area contributed by atoms with Crippen molar-refractivity contribution in [2.24, 2.45) is 5.92 Å². The molecule has 3 rings (SSSR count). The van der Waals surface area contributed by atoms with Crippen LogP contribution in [0.1, 0.15) is 42.5 Å². The van der Waals surface area contributed by atoms with Crippen LogP contribution in [0, 0.1) is 19.8 Å². The zero-order chi connectivity index (χ0) is 20.3. The van der Waals surface area contributed by atoms with Crippen LogP contribution in [-0.4, -0.2) is 31.7 Å². The third kappa shape index (κ3) is 4.45. The van der Waals surface area contributed by atoms with E-state index in [1.165, 1.54) is 4.31 Å². The minimum absolute atomic E-state index is 0.0837. The van der Waals surface area contributed by atoms with Crippen LogP contribution in [0.25, 0.3) is 0 Å². The lowest BCUT2D eigenvalue weighted by Gasteiger charge is -2.32. The van der Waals surface area contributed by atoms with Crippen molar-refractivity contribution in [3.05, 3.63) is 65.2 Å². The lowest BCUT2D eigenvalue weighted by Crippen LogP contribution is -2.45. The van der Waals surface area contributed by atoms with Crippen LogP contribution in [0.2, 0.25) is 0 Å². The van der Waals surface area contributed by atoms with E-state index >= 15 is 0 Å². The summed E-state index contributed by atoms with van der Waals surface area (Å²) in [7, 11) is -3.58. The number of piperidine rings is 1. The molecule has 1 aliphatic heterocycles. The van der Waals surface area contributed by atoms with Gasteiger partial charge in [0.15, 0.2) is 0 Å². The molecule has 1 fully saturated rings. The first kappa shape index (κ1) is 20.6. The van der Waals surface area contributed by atoms with E-state index in [9.17, 15) is 13.2 Å². The molecule has 0 aromatic heterocycles. The van der Waals surface area contributed by atoms with Crippen molar-refractivity contribution in [3.8, 4) is 0 Å². The first-order valence-electron chi connectivity index (χ1n) is 9.72.